The number of benzene rings is 1. The zero-order valence-corrected chi connectivity index (χ0v) is 14.9. The van der Waals surface area contributed by atoms with E-state index < -0.39 is 0 Å². The van der Waals surface area contributed by atoms with Crippen LogP contribution in [0.1, 0.15) is 46.7 Å². The van der Waals surface area contributed by atoms with Crippen LogP contribution in [-0.4, -0.2) is 39.5 Å². The van der Waals surface area contributed by atoms with Gasteiger partial charge in [-0.3, -0.25) is 9.69 Å². The predicted octanol–water partition coefficient (Wildman–Crippen LogP) is 2.53. The van der Waals surface area contributed by atoms with Crippen molar-refractivity contribution in [3.05, 3.63) is 53.1 Å². The Hall–Kier alpha value is -2.14. The Balaban J connectivity index is 1.35. The molecule has 1 amide bonds. The molecule has 2 aromatic rings. The molecule has 1 unspecified atom stereocenters. The zero-order chi connectivity index (χ0) is 17.2. The van der Waals surface area contributed by atoms with Crippen molar-refractivity contribution in [2.24, 2.45) is 0 Å². The number of hydrogen-bond donors (Lipinski definition) is 1. The minimum Gasteiger partial charge on any atom is -0.347 e. The molecule has 0 bridgehead atoms. The van der Waals surface area contributed by atoms with Crippen LogP contribution < -0.4 is 5.32 Å². The quantitative estimate of drug-likeness (QED) is 0.932. The van der Waals surface area contributed by atoms with Crippen molar-refractivity contribution in [3.8, 4) is 0 Å². The highest BCUT2D eigenvalue weighted by molar-refractivity contribution is 5.94. The first-order valence-electron chi connectivity index (χ1n) is 9.32. The summed E-state index contributed by atoms with van der Waals surface area (Å²) < 4.78 is 2.17. The number of nitrogens with zero attached hydrogens (tertiary/aromatic N) is 3. The molecule has 1 N–H and O–H groups in total. The lowest BCUT2D eigenvalue weighted by Crippen LogP contribution is -2.40. The Morgan fingerprint density at radius 2 is 2.00 bits per heavy atom. The zero-order valence-electron chi connectivity index (χ0n) is 14.9. The molecule has 1 aromatic carbocycles. The molecule has 132 valence electrons. The molecular formula is C20H26N4O. The molecule has 2 aliphatic heterocycles. The number of nitrogens with one attached hydrogen (secondary N) is 1. The lowest BCUT2D eigenvalue weighted by molar-refractivity contribution is 0.0927. The van der Waals surface area contributed by atoms with Crippen molar-refractivity contribution in [3.63, 3.8) is 0 Å². The fourth-order valence-corrected chi connectivity index (χ4v) is 3.93. The average Bonchev–Trinajstić information content (AvgIpc) is 3.23. The van der Waals surface area contributed by atoms with Gasteiger partial charge in [0.1, 0.15) is 5.82 Å². The van der Waals surface area contributed by atoms with E-state index in [1.54, 1.807) is 0 Å². The molecule has 1 saturated heterocycles. The van der Waals surface area contributed by atoms with Crippen LogP contribution in [0.5, 0.6) is 0 Å². The van der Waals surface area contributed by atoms with E-state index >= 15 is 0 Å². The molecule has 0 aliphatic carbocycles. The van der Waals surface area contributed by atoms with Gasteiger partial charge in [0.25, 0.3) is 5.91 Å². The van der Waals surface area contributed by atoms with Gasteiger partial charge in [0.05, 0.1) is 5.69 Å². The van der Waals surface area contributed by atoms with Crippen LogP contribution in [0.4, 0.5) is 0 Å². The average molecular weight is 338 g/mol. The van der Waals surface area contributed by atoms with Gasteiger partial charge in [-0.2, -0.15) is 0 Å². The Morgan fingerprint density at radius 1 is 1.24 bits per heavy atom. The Bertz CT molecular complexity index is 744. The molecule has 25 heavy (non-hydrogen) atoms. The molecule has 1 atom stereocenters. The number of likely N-dealkylation sites (tertiary alicyclic amines) is 1. The van der Waals surface area contributed by atoms with Crippen LogP contribution in [0.15, 0.2) is 30.5 Å². The molecule has 0 spiro atoms. The van der Waals surface area contributed by atoms with E-state index in [4.69, 9.17) is 0 Å². The Kier molecular flexibility index (Phi) is 4.57. The molecule has 2 aliphatic rings. The van der Waals surface area contributed by atoms with E-state index in [-0.39, 0.29) is 11.9 Å². The summed E-state index contributed by atoms with van der Waals surface area (Å²) in [5.74, 6) is 1.16. The second-order valence-electron chi connectivity index (χ2n) is 7.34. The van der Waals surface area contributed by atoms with Crippen molar-refractivity contribution in [1.82, 2.24) is 19.8 Å². The van der Waals surface area contributed by atoms with E-state index in [9.17, 15) is 4.79 Å². The third kappa shape index (κ3) is 3.76. The van der Waals surface area contributed by atoms with Gasteiger partial charge in [-0.15, -0.1) is 0 Å². The lowest BCUT2D eigenvalue weighted by Gasteiger charge is -2.24. The summed E-state index contributed by atoms with van der Waals surface area (Å²) in [7, 11) is 0. The second-order valence-corrected chi connectivity index (χ2v) is 7.34. The monoisotopic (exact) mass is 338 g/mol. The third-order valence-corrected chi connectivity index (χ3v) is 5.27. The largest absolute Gasteiger partial charge is 0.347 e. The van der Waals surface area contributed by atoms with Gasteiger partial charge in [0, 0.05) is 37.3 Å². The maximum Gasteiger partial charge on any atom is 0.251 e. The number of aryl methyl sites for hydroxylation is 2. The number of hydrogen-bond acceptors (Lipinski definition) is 3. The van der Waals surface area contributed by atoms with Crippen molar-refractivity contribution >= 4 is 5.91 Å². The molecule has 3 heterocycles. The SMILES string of the molecule is Cc1cn2c(n1)CCC(NC(=O)c1ccc(CN3CCCC3)cc1)C2. The lowest BCUT2D eigenvalue weighted by atomic mass is 10.1. The van der Waals surface area contributed by atoms with Crippen LogP contribution in [0.3, 0.4) is 0 Å². The summed E-state index contributed by atoms with van der Waals surface area (Å²) >= 11 is 0. The van der Waals surface area contributed by atoms with E-state index in [1.165, 1.54) is 31.5 Å². The van der Waals surface area contributed by atoms with Crippen molar-refractivity contribution in [1.29, 1.82) is 0 Å². The minimum atomic E-state index is 0.0259. The first kappa shape index (κ1) is 16.3. The van der Waals surface area contributed by atoms with E-state index in [2.05, 4.69) is 38.1 Å². The van der Waals surface area contributed by atoms with Gasteiger partial charge in [-0.05, 0) is 57.0 Å². The summed E-state index contributed by atoms with van der Waals surface area (Å²) in [5.41, 5.74) is 3.09. The first-order chi connectivity index (χ1) is 12.2. The van der Waals surface area contributed by atoms with Gasteiger partial charge in [-0.1, -0.05) is 12.1 Å². The van der Waals surface area contributed by atoms with E-state index in [0.717, 1.165) is 43.0 Å². The summed E-state index contributed by atoms with van der Waals surface area (Å²) in [6, 6.07) is 8.27. The summed E-state index contributed by atoms with van der Waals surface area (Å²) in [6.45, 7) is 6.21. The highest BCUT2D eigenvalue weighted by atomic mass is 16.1. The number of carbonyl (C=O) groups is 1. The van der Waals surface area contributed by atoms with Crippen molar-refractivity contribution in [2.75, 3.05) is 13.1 Å². The van der Waals surface area contributed by atoms with Crippen LogP contribution in [0.2, 0.25) is 0 Å². The predicted molar refractivity (Wildman–Crippen MR) is 97.5 cm³/mol. The molecule has 0 radical (unpaired) electrons. The molecule has 5 heteroatoms. The van der Waals surface area contributed by atoms with Gasteiger partial charge < -0.3 is 9.88 Å². The number of rotatable bonds is 4. The third-order valence-electron chi connectivity index (χ3n) is 5.27. The second kappa shape index (κ2) is 7.00. The molecule has 1 aromatic heterocycles. The van der Waals surface area contributed by atoms with Gasteiger partial charge in [0.2, 0.25) is 0 Å². The summed E-state index contributed by atoms with van der Waals surface area (Å²) in [4.78, 5) is 19.5. The number of imidazole rings is 1. The minimum absolute atomic E-state index is 0.0259. The fraction of sp³-hybridized carbons (Fsp3) is 0.500. The summed E-state index contributed by atoms with van der Waals surface area (Å²) in [5, 5.41) is 3.18. The molecule has 4 rings (SSSR count). The molecule has 5 nitrogen and oxygen atoms in total. The van der Waals surface area contributed by atoms with E-state index in [1.807, 2.05) is 19.1 Å². The molecule has 0 saturated carbocycles. The number of fused-ring (bicyclic) bond motifs is 1. The highest BCUT2D eigenvalue weighted by Gasteiger charge is 2.21. The van der Waals surface area contributed by atoms with Crippen molar-refractivity contribution < 1.29 is 4.79 Å². The summed E-state index contributed by atoms with van der Waals surface area (Å²) in [6.07, 6.45) is 6.56. The number of amides is 1. The van der Waals surface area contributed by atoms with E-state index in [0.29, 0.717) is 0 Å². The highest BCUT2D eigenvalue weighted by Crippen LogP contribution is 2.16. The maximum absolute atomic E-state index is 12.5. The standard InChI is InChI=1S/C20H26N4O/c1-15-12-24-14-18(8-9-19(24)21-15)22-20(25)17-6-4-16(5-7-17)13-23-10-2-3-11-23/h4-7,12,18H,2-3,8-11,13-14H2,1H3,(H,22,25). The fourth-order valence-electron chi connectivity index (χ4n) is 3.93. The van der Waals surface area contributed by atoms with Crippen LogP contribution in [0.25, 0.3) is 0 Å². The smallest absolute Gasteiger partial charge is 0.251 e. The normalized spacial score (nSPS) is 20.4. The number of carbonyl (C=O) groups excluding carboxylic acids is 1. The van der Waals surface area contributed by atoms with Crippen molar-refractivity contribution in [2.45, 2.75) is 51.7 Å². The van der Waals surface area contributed by atoms with Gasteiger partial charge >= 0.3 is 0 Å². The molecule has 1 fully saturated rings. The van der Waals surface area contributed by atoms with Crippen LogP contribution in [0, 0.1) is 6.92 Å². The Labute approximate surface area is 149 Å². The molecular weight excluding hydrogens is 312 g/mol. The van der Waals surface area contributed by atoms with Crippen LogP contribution >= 0.6 is 0 Å². The maximum atomic E-state index is 12.5. The van der Waals surface area contributed by atoms with Gasteiger partial charge in [-0.25, -0.2) is 4.98 Å². The Morgan fingerprint density at radius 3 is 2.76 bits per heavy atom. The first-order valence-corrected chi connectivity index (χ1v) is 9.32. The van der Waals surface area contributed by atoms with Crippen LogP contribution in [-0.2, 0) is 19.5 Å². The number of aromatic nitrogens is 2. The van der Waals surface area contributed by atoms with Gasteiger partial charge in [0.15, 0.2) is 0 Å². The topological polar surface area (TPSA) is 50.2 Å².